The maximum atomic E-state index is 10.7. The number of rotatable bonds is 3. The van der Waals surface area contributed by atoms with Crippen LogP contribution in [-0.4, -0.2) is 9.91 Å². The molecule has 0 saturated carbocycles. The van der Waals surface area contributed by atoms with Crippen LogP contribution in [0.25, 0.3) is 0 Å². The van der Waals surface area contributed by atoms with Crippen molar-refractivity contribution in [3.63, 3.8) is 0 Å². The lowest BCUT2D eigenvalue weighted by Crippen LogP contribution is -1.97. The fraction of sp³-hybridized carbons (Fsp3) is 0. The van der Waals surface area contributed by atoms with Gasteiger partial charge in [0.2, 0.25) is 5.88 Å². The molecule has 2 rings (SSSR count). The number of nitrogen functional groups attached to an aromatic ring is 1. The molecule has 1 aromatic heterocycles. The van der Waals surface area contributed by atoms with E-state index < -0.39 is 4.92 Å². The minimum atomic E-state index is -0.567. The van der Waals surface area contributed by atoms with Crippen molar-refractivity contribution in [2.45, 2.75) is 0 Å². The molecular formula is C11H8ClN3O3. The Morgan fingerprint density at radius 1 is 1.33 bits per heavy atom. The second-order valence-corrected chi connectivity index (χ2v) is 3.84. The van der Waals surface area contributed by atoms with Crippen molar-refractivity contribution in [3.05, 3.63) is 51.5 Å². The molecule has 2 aromatic rings. The van der Waals surface area contributed by atoms with Gasteiger partial charge in [0.05, 0.1) is 17.1 Å². The van der Waals surface area contributed by atoms with Crippen LogP contribution >= 0.6 is 11.6 Å². The van der Waals surface area contributed by atoms with E-state index in [9.17, 15) is 10.1 Å². The normalized spacial score (nSPS) is 10.1. The summed E-state index contributed by atoms with van der Waals surface area (Å²) in [5.41, 5.74) is 5.28. The zero-order valence-electron chi connectivity index (χ0n) is 9.04. The number of halogens is 1. The third kappa shape index (κ3) is 2.86. The number of ether oxygens (including phenoxy) is 1. The number of hydrogen-bond donors (Lipinski definition) is 1. The molecule has 0 spiro atoms. The van der Waals surface area contributed by atoms with E-state index in [1.165, 1.54) is 6.07 Å². The van der Waals surface area contributed by atoms with Crippen LogP contribution in [0, 0.1) is 10.1 Å². The smallest absolute Gasteiger partial charge is 0.278 e. The standard InChI is InChI=1S/C11H8ClN3O3/c12-7-2-1-3-9(4-7)18-11-6-8(15(16)17)5-10(13)14-11/h1-6H,(H2,13,14). The van der Waals surface area contributed by atoms with Gasteiger partial charge in [-0.25, -0.2) is 0 Å². The zero-order valence-corrected chi connectivity index (χ0v) is 9.79. The topological polar surface area (TPSA) is 91.3 Å². The summed E-state index contributed by atoms with van der Waals surface area (Å²) in [6.07, 6.45) is 0. The highest BCUT2D eigenvalue weighted by Gasteiger charge is 2.11. The molecule has 0 radical (unpaired) electrons. The molecule has 1 heterocycles. The molecule has 92 valence electrons. The van der Waals surface area contributed by atoms with E-state index in [1.807, 2.05) is 0 Å². The molecule has 7 heteroatoms. The predicted octanol–water partition coefficient (Wildman–Crippen LogP) is 3.02. The fourth-order valence-corrected chi connectivity index (χ4v) is 1.50. The van der Waals surface area contributed by atoms with Crippen LogP contribution in [0.4, 0.5) is 11.5 Å². The number of nitrogens with zero attached hydrogens (tertiary/aromatic N) is 2. The van der Waals surface area contributed by atoms with Gasteiger partial charge in [-0.3, -0.25) is 10.1 Å². The Labute approximate surface area is 107 Å². The Morgan fingerprint density at radius 2 is 2.11 bits per heavy atom. The molecular weight excluding hydrogens is 258 g/mol. The van der Waals surface area contributed by atoms with Gasteiger partial charge in [-0.15, -0.1) is 0 Å². The number of hydrogen-bond acceptors (Lipinski definition) is 5. The maximum absolute atomic E-state index is 10.7. The molecule has 2 N–H and O–H groups in total. The van der Waals surface area contributed by atoms with E-state index >= 15 is 0 Å². The Morgan fingerprint density at radius 3 is 2.78 bits per heavy atom. The number of pyridine rings is 1. The van der Waals surface area contributed by atoms with Crippen molar-refractivity contribution in [2.24, 2.45) is 0 Å². The van der Waals surface area contributed by atoms with Crippen molar-refractivity contribution in [1.29, 1.82) is 0 Å². The maximum Gasteiger partial charge on any atom is 0.278 e. The highest BCUT2D eigenvalue weighted by atomic mass is 35.5. The summed E-state index contributed by atoms with van der Waals surface area (Å²) >= 11 is 5.79. The van der Waals surface area contributed by atoms with Crippen molar-refractivity contribution in [3.8, 4) is 11.6 Å². The summed E-state index contributed by atoms with van der Waals surface area (Å²) in [6.45, 7) is 0. The molecule has 0 fully saturated rings. The second-order valence-electron chi connectivity index (χ2n) is 3.40. The van der Waals surface area contributed by atoms with Crippen LogP contribution in [0.1, 0.15) is 0 Å². The molecule has 0 bridgehead atoms. The molecule has 18 heavy (non-hydrogen) atoms. The van der Waals surface area contributed by atoms with Gasteiger partial charge in [0, 0.05) is 5.02 Å². The highest BCUT2D eigenvalue weighted by molar-refractivity contribution is 6.30. The quantitative estimate of drug-likeness (QED) is 0.680. The number of anilines is 1. The SMILES string of the molecule is Nc1cc([N+](=O)[O-])cc(Oc2cccc(Cl)c2)n1. The average molecular weight is 266 g/mol. The van der Waals surface area contributed by atoms with Gasteiger partial charge in [0.15, 0.2) is 0 Å². The molecule has 0 saturated heterocycles. The molecule has 0 amide bonds. The number of nitrogens with two attached hydrogens (primary N) is 1. The van der Waals surface area contributed by atoms with E-state index in [4.69, 9.17) is 22.1 Å². The number of nitro groups is 1. The Bertz CT molecular complexity index is 604. The van der Waals surface area contributed by atoms with Crippen LogP contribution in [0.15, 0.2) is 36.4 Å². The lowest BCUT2D eigenvalue weighted by molar-refractivity contribution is -0.384. The van der Waals surface area contributed by atoms with Gasteiger partial charge in [0.1, 0.15) is 11.6 Å². The van der Waals surface area contributed by atoms with E-state index in [0.29, 0.717) is 10.8 Å². The van der Waals surface area contributed by atoms with Gasteiger partial charge < -0.3 is 10.5 Å². The van der Waals surface area contributed by atoms with Crippen molar-refractivity contribution < 1.29 is 9.66 Å². The number of benzene rings is 1. The largest absolute Gasteiger partial charge is 0.439 e. The van der Waals surface area contributed by atoms with Crippen LogP contribution in [0.2, 0.25) is 5.02 Å². The first-order valence-corrected chi connectivity index (χ1v) is 5.28. The van der Waals surface area contributed by atoms with Crippen LogP contribution in [-0.2, 0) is 0 Å². The minimum absolute atomic E-state index is 0.0150. The average Bonchev–Trinajstić information content (AvgIpc) is 2.28. The van der Waals surface area contributed by atoms with E-state index in [2.05, 4.69) is 4.98 Å². The van der Waals surface area contributed by atoms with Gasteiger partial charge in [0.25, 0.3) is 5.69 Å². The Hall–Kier alpha value is -2.34. The Kier molecular flexibility index (Phi) is 3.29. The van der Waals surface area contributed by atoms with E-state index in [1.54, 1.807) is 24.3 Å². The highest BCUT2D eigenvalue weighted by Crippen LogP contribution is 2.26. The monoisotopic (exact) mass is 265 g/mol. The molecule has 0 aliphatic carbocycles. The van der Waals surface area contributed by atoms with Crippen molar-refractivity contribution >= 4 is 23.1 Å². The lowest BCUT2D eigenvalue weighted by Gasteiger charge is -2.05. The third-order valence-electron chi connectivity index (χ3n) is 2.04. The zero-order chi connectivity index (χ0) is 13.1. The molecule has 0 aliphatic rings. The van der Waals surface area contributed by atoms with Gasteiger partial charge in [-0.1, -0.05) is 17.7 Å². The summed E-state index contributed by atoms with van der Waals surface area (Å²) in [4.78, 5) is 13.9. The van der Waals surface area contributed by atoms with Crippen LogP contribution < -0.4 is 10.5 Å². The second kappa shape index (κ2) is 4.89. The van der Waals surface area contributed by atoms with Gasteiger partial charge in [-0.2, -0.15) is 4.98 Å². The van der Waals surface area contributed by atoms with Crippen molar-refractivity contribution in [2.75, 3.05) is 5.73 Å². The van der Waals surface area contributed by atoms with E-state index in [-0.39, 0.29) is 17.4 Å². The molecule has 6 nitrogen and oxygen atoms in total. The first-order valence-electron chi connectivity index (χ1n) is 4.90. The predicted molar refractivity (Wildman–Crippen MR) is 66.8 cm³/mol. The lowest BCUT2D eigenvalue weighted by atomic mass is 10.3. The number of aromatic nitrogens is 1. The van der Waals surface area contributed by atoms with Crippen LogP contribution in [0.5, 0.6) is 11.6 Å². The summed E-state index contributed by atoms with van der Waals surface area (Å²) < 4.78 is 5.35. The van der Waals surface area contributed by atoms with E-state index in [0.717, 1.165) is 6.07 Å². The molecule has 0 atom stereocenters. The first-order chi connectivity index (χ1) is 8.54. The Balaban J connectivity index is 2.31. The molecule has 0 unspecified atom stereocenters. The minimum Gasteiger partial charge on any atom is -0.439 e. The van der Waals surface area contributed by atoms with Crippen molar-refractivity contribution in [1.82, 2.24) is 4.98 Å². The summed E-state index contributed by atoms with van der Waals surface area (Å²) in [5, 5.41) is 11.1. The van der Waals surface area contributed by atoms with Gasteiger partial charge in [-0.05, 0) is 18.2 Å². The van der Waals surface area contributed by atoms with Gasteiger partial charge >= 0.3 is 0 Å². The summed E-state index contributed by atoms with van der Waals surface area (Å²) in [6, 6.07) is 8.95. The fourth-order valence-electron chi connectivity index (χ4n) is 1.32. The summed E-state index contributed by atoms with van der Waals surface area (Å²) in [7, 11) is 0. The molecule has 0 aliphatic heterocycles. The molecule has 1 aromatic carbocycles. The third-order valence-corrected chi connectivity index (χ3v) is 2.27. The first kappa shape index (κ1) is 12.1. The van der Waals surface area contributed by atoms with Crippen LogP contribution in [0.3, 0.4) is 0 Å². The summed E-state index contributed by atoms with van der Waals surface area (Å²) in [5.74, 6) is 0.486.